The van der Waals surface area contributed by atoms with E-state index in [-0.39, 0.29) is 5.75 Å². The molecule has 0 aliphatic rings. The zero-order chi connectivity index (χ0) is 14.1. The number of nitrogens with zero attached hydrogens (tertiary/aromatic N) is 2. The highest BCUT2D eigenvalue weighted by atomic mass is 16.5. The van der Waals surface area contributed by atoms with Crippen LogP contribution in [0, 0.1) is 13.8 Å². The molecule has 20 heavy (non-hydrogen) atoms. The van der Waals surface area contributed by atoms with Crippen molar-refractivity contribution in [3.8, 4) is 17.4 Å². The molecule has 1 heterocycles. The molecule has 2 aromatic carbocycles. The average molecular weight is 266 g/mol. The van der Waals surface area contributed by atoms with Crippen LogP contribution in [0.25, 0.3) is 11.0 Å². The smallest absolute Gasteiger partial charge is 0.241 e. The number of rotatable bonds is 2. The number of phenols is 1. The van der Waals surface area contributed by atoms with Crippen molar-refractivity contribution < 1.29 is 9.84 Å². The van der Waals surface area contributed by atoms with E-state index in [4.69, 9.17) is 4.74 Å². The molecule has 0 fully saturated rings. The lowest BCUT2D eigenvalue weighted by molar-refractivity contribution is 0.442. The van der Waals surface area contributed by atoms with Crippen molar-refractivity contribution in [2.75, 3.05) is 0 Å². The van der Waals surface area contributed by atoms with Crippen molar-refractivity contribution in [3.05, 3.63) is 53.7 Å². The van der Waals surface area contributed by atoms with Gasteiger partial charge in [0, 0.05) is 6.07 Å². The van der Waals surface area contributed by atoms with Gasteiger partial charge in [0.2, 0.25) is 5.88 Å². The summed E-state index contributed by atoms with van der Waals surface area (Å²) in [5.41, 5.74) is 3.26. The highest BCUT2D eigenvalue weighted by Gasteiger charge is 2.08. The van der Waals surface area contributed by atoms with Gasteiger partial charge in [-0.15, -0.1) is 0 Å². The third-order valence-corrected chi connectivity index (χ3v) is 2.95. The maximum Gasteiger partial charge on any atom is 0.241 e. The maximum atomic E-state index is 9.60. The molecule has 0 spiro atoms. The Bertz CT molecular complexity index is 764. The Morgan fingerprint density at radius 1 is 0.950 bits per heavy atom. The van der Waals surface area contributed by atoms with Crippen molar-refractivity contribution in [2.45, 2.75) is 13.8 Å². The van der Waals surface area contributed by atoms with Gasteiger partial charge in [0.1, 0.15) is 17.2 Å². The Balaban J connectivity index is 2.03. The molecular weight excluding hydrogens is 252 g/mol. The molecule has 0 aliphatic heterocycles. The van der Waals surface area contributed by atoms with Gasteiger partial charge < -0.3 is 9.84 Å². The van der Waals surface area contributed by atoms with Gasteiger partial charge in [-0.2, -0.15) is 0 Å². The quantitative estimate of drug-likeness (QED) is 0.767. The first-order valence-electron chi connectivity index (χ1n) is 6.34. The third-order valence-electron chi connectivity index (χ3n) is 2.95. The summed E-state index contributed by atoms with van der Waals surface area (Å²) in [5.74, 6) is 1.18. The van der Waals surface area contributed by atoms with Crippen LogP contribution in [0.5, 0.6) is 17.4 Å². The minimum atomic E-state index is 0.173. The predicted octanol–water partition coefficient (Wildman–Crippen LogP) is 3.74. The van der Waals surface area contributed by atoms with Gasteiger partial charge in [0.25, 0.3) is 0 Å². The monoisotopic (exact) mass is 266 g/mol. The van der Waals surface area contributed by atoms with E-state index in [0.717, 1.165) is 16.6 Å². The minimum Gasteiger partial charge on any atom is -0.508 e. The molecule has 1 N–H and O–H groups in total. The molecule has 0 aliphatic carbocycles. The van der Waals surface area contributed by atoms with E-state index in [2.05, 4.69) is 9.97 Å². The number of ether oxygens (including phenoxy) is 1. The lowest BCUT2D eigenvalue weighted by atomic mass is 10.2. The van der Waals surface area contributed by atoms with Crippen LogP contribution in [0.15, 0.2) is 42.5 Å². The molecule has 1 aromatic heterocycles. The van der Waals surface area contributed by atoms with Crippen LogP contribution in [0.1, 0.15) is 11.3 Å². The second-order valence-corrected chi connectivity index (χ2v) is 4.71. The van der Waals surface area contributed by atoms with Gasteiger partial charge in [-0.05, 0) is 43.7 Å². The van der Waals surface area contributed by atoms with Crippen LogP contribution in [-0.4, -0.2) is 15.1 Å². The van der Waals surface area contributed by atoms with Gasteiger partial charge in [-0.25, -0.2) is 9.97 Å². The van der Waals surface area contributed by atoms with Crippen LogP contribution in [-0.2, 0) is 0 Å². The number of para-hydroxylation sites is 2. The Kier molecular flexibility index (Phi) is 2.99. The summed E-state index contributed by atoms with van der Waals surface area (Å²) in [6.07, 6.45) is 0. The van der Waals surface area contributed by atoms with Gasteiger partial charge in [0.05, 0.1) is 11.0 Å². The van der Waals surface area contributed by atoms with Crippen LogP contribution in [0.2, 0.25) is 0 Å². The SMILES string of the molecule is Cc1cc(O)cc(Oc2nc3ccccc3nc2C)c1. The molecule has 0 saturated carbocycles. The summed E-state index contributed by atoms with van der Waals surface area (Å²) in [7, 11) is 0. The fourth-order valence-corrected chi connectivity index (χ4v) is 2.07. The van der Waals surface area contributed by atoms with E-state index < -0.39 is 0 Å². The summed E-state index contributed by atoms with van der Waals surface area (Å²) in [6, 6.07) is 12.7. The van der Waals surface area contributed by atoms with E-state index >= 15 is 0 Å². The number of aromatic nitrogens is 2. The zero-order valence-corrected chi connectivity index (χ0v) is 11.3. The Morgan fingerprint density at radius 3 is 2.35 bits per heavy atom. The molecule has 0 unspecified atom stereocenters. The average Bonchev–Trinajstić information content (AvgIpc) is 2.38. The maximum absolute atomic E-state index is 9.60. The Labute approximate surface area is 116 Å². The largest absolute Gasteiger partial charge is 0.508 e. The number of aryl methyl sites for hydroxylation is 2. The fourth-order valence-electron chi connectivity index (χ4n) is 2.07. The summed E-state index contributed by atoms with van der Waals surface area (Å²) < 4.78 is 5.75. The molecular formula is C16H14N2O2. The van der Waals surface area contributed by atoms with E-state index in [0.29, 0.717) is 17.3 Å². The highest BCUT2D eigenvalue weighted by Crippen LogP contribution is 2.27. The predicted molar refractivity (Wildman–Crippen MR) is 77.2 cm³/mol. The lowest BCUT2D eigenvalue weighted by Gasteiger charge is -2.09. The molecule has 3 aromatic rings. The van der Waals surface area contributed by atoms with Crippen molar-refractivity contribution in [1.29, 1.82) is 0 Å². The first-order valence-corrected chi connectivity index (χ1v) is 6.34. The highest BCUT2D eigenvalue weighted by molar-refractivity contribution is 5.74. The first-order chi connectivity index (χ1) is 9.61. The van der Waals surface area contributed by atoms with Crippen LogP contribution < -0.4 is 4.74 Å². The summed E-state index contributed by atoms with van der Waals surface area (Å²) in [5, 5.41) is 9.60. The van der Waals surface area contributed by atoms with Crippen molar-refractivity contribution in [3.63, 3.8) is 0 Å². The molecule has 4 heteroatoms. The van der Waals surface area contributed by atoms with E-state index in [1.807, 2.05) is 44.2 Å². The summed E-state index contributed by atoms with van der Waals surface area (Å²) in [6.45, 7) is 3.75. The molecule has 0 bridgehead atoms. The van der Waals surface area contributed by atoms with Gasteiger partial charge in [-0.1, -0.05) is 12.1 Å². The fraction of sp³-hybridized carbons (Fsp3) is 0.125. The van der Waals surface area contributed by atoms with Gasteiger partial charge in [-0.3, -0.25) is 0 Å². The van der Waals surface area contributed by atoms with Crippen molar-refractivity contribution in [2.24, 2.45) is 0 Å². The van der Waals surface area contributed by atoms with Gasteiger partial charge in [0.15, 0.2) is 0 Å². The topological polar surface area (TPSA) is 55.2 Å². The first kappa shape index (κ1) is 12.4. The van der Waals surface area contributed by atoms with Crippen LogP contribution >= 0.6 is 0 Å². The van der Waals surface area contributed by atoms with E-state index in [9.17, 15) is 5.11 Å². The molecule has 4 nitrogen and oxygen atoms in total. The molecule has 100 valence electrons. The molecule has 0 atom stereocenters. The Morgan fingerprint density at radius 2 is 1.65 bits per heavy atom. The number of benzene rings is 2. The van der Waals surface area contributed by atoms with Crippen LogP contribution in [0.4, 0.5) is 0 Å². The number of fused-ring (bicyclic) bond motifs is 1. The van der Waals surface area contributed by atoms with Crippen molar-refractivity contribution >= 4 is 11.0 Å². The molecule has 0 saturated heterocycles. The standard InChI is InChI=1S/C16H14N2O2/c1-10-7-12(19)9-13(8-10)20-16-11(2)17-14-5-3-4-6-15(14)18-16/h3-9,19H,1-2H3. The van der Waals surface area contributed by atoms with E-state index in [1.165, 1.54) is 0 Å². The van der Waals surface area contributed by atoms with Gasteiger partial charge >= 0.3 is 0 Å². The molecule has 0 amide bonds. The molecule has 0 radical (unpaired) electrons. The van der Waals surface area contributed by atoms with Crippen LogP contribution in [0.3, 0.4) is 0 Å². The molecule has 3 rings (SSSR count). The number of phenolic OH excluding ortho intramolecular Hbond substituents is 1. The lowest BCUT2D eigenvalue weighted by Crippen LogP contribution is -1.95. The third kappa shape index (κ3) is 2.40. The Hall–Kier alpha value is -2.62. The number of aromatic hydroxyl groups is 1. The second-order valence-electron chi connectivity index (χ2n) is 4.71. The minimum absolute atomic E-state index is 0.173. The van der Waals surface area contributed by atoms with E-state index in [1.54, 1.807) is 12.1 Å². The zero-order valence-electron chi connectivity index (χ0n) is 11.3. The summed E-state index contributed by atoms with van der Waals surface area (Å²) in [4.78, 5) is 8.93. The van der Waals surface area contributed by atoms with Crippen molar-refractivity contribution in [1.82, 2.24) is 9.97 Å². The number of hydrogen-bond acceptors (Lipinski definition) is 4. The number of hydrogen-bond donors (Lipinski definition) is 1. The normalized spacial score (nSPS) is 10.7. The second kappa shape index (κ2) is 4.81. The summed E-state index contributed by atoms with van der Waals surface area (Å²) >= 11 is 0.